The molecular formula is C15H18FN5. The van der Waals surface area contributed by atoms with Crippen LogP contribution in [0.4, 0.5) is 21.8 Å². The number of nitrogens with zero attached hydrogens (tertiary/aromatic N) is 3. The van der Waals surface area contributed by atoms with Gasteiger partial charge in [-0.1, -0.05) is 0 Å². The largest absolute Gasteiger partial charge is 0.384 e. The van der Waals surface area contributed by atoms with Crippen molar-refractivity contribution in [2.24, 2.45) is 0 Å². The third-order valence-corrected chi connectivity index (χ3v) is 3.59. The van der Waals surface area contributed by atoms with Crippen LogP contribution in [0.3, 0.4) is 0 Å². The summed E-state index contributed by atoms with van der Waals surface area (Å²) in [5.41, 5.74) is 7.61. The number of benzene rings is 1. The first-order valence-corrected chi connectivity index (χ1v) is 6.98. The summed E-state index contributed by atoms with van der Waals surface area (Å²) in [5.74, 6) is 0.827. The Morgan fingerprint density at radius 2 is 2.05 bits per heavy atom. The van der Waals surface area contributed by atoms with Crippen molar-refractivity contribution in [2.45, 2.75) is 19.4 Å². The molecule has 1 atom stereocenters. The van der Waals surface area contributed by atoms with Crippen molar-refractivity contribution in [3.05, 3.63) is 41.8 Å². The zero-order valence-corrected chi connectivity index (χ0v) is 11.9. The molecule has 1 unspecified atom stereocenters. The first-order chi connectivity index (χ1) is 10.1. The topological polar surface area (TPSA) is 67.1 Å². The molecule has 0 aliphatic carbocycles. The standard InChI is InChI=1S/C15H18FN5/c1-10-8-14(17)20-15(18-10)19-12-6-7-21(9-12)13-4-2-11(16)3-5-13/h2-5,8,12H,6-7,9H2,1H3,(H3,17,18,19,20). The van der Waals surface area contributed by atoms with Crippen LogP contribution in [0.2, 0.25) is 0 Å². The molecule has 6 heteroatoms. The van der Waals surface area contributed by atoms with Gasteiger partial charge in [-0.2, -0.15) is 4.98 Å². The lowest BCUT2D eigenvalue weighted by atomic mass is 10.2. The average Bonchev–Trinajstić information content (AvgIpc) is 2.87. The maximum absolute atomic E-state index is 13.0. The van der Waals surface area contributed by atoms with Gasteiger partial charge in [0.15, 0.2) is 0 Å². The Morgan fingerprint density at radius 3 is 2.76 bits per heavy atom. The molecule has 1 aliphatic rings. The fourth-order valence-electron chi connectivity index (χ4n) is 2.60. The summed E-state index contributed by atoms with van der Waals surface area (Å²) in [6, 6.07) is 8.58. The average molecular weight is 287 g/mol. The van der Waals surface area contributed by atoms with Gasteiger partial charge in [0.2, 0.25) is 5.95 Å². The predicted octanol–water partition coefficient (Wildman–Crippen LogP) is 2.20. The molecule has 2 aromatic rings. The zero-order valence-electron chi connectivity index (χ0n) is 11.9. The van der Waals surface area contributed by atoms with E-state index in [9.17, 15) is 4.39 Å². The molecule has 3 rings (SSSR count). The number of hydrogen-bond acceptors (Lipinski definition) is 5. The van der Waals surface area contributed by atoms with Crippen LogP contribution >= 0.6 is 0 Å². The minimum absolute atomic E-state index is 0.212. The van der Waals surface area contributed by atoms with E-state index in [-0.39, 0.29) is 11.9 Å². The maximum atomic E-state index is 13.0. The number of aryl methyl sites for hydroxylation is 1. The van der Waals surface area contributed by atoms with Crippen molar-refractivity contribution in [1.82, 2.24) is 9.97 Å². The van der Waals surface area contributed by atoms with Crippen LogP contribution in [-0.2, 0) is 0 Å². The monoisotopic (exact) mass is 287 g/mol. The molecule has 0 radical (unpaired) electrons. The summed E-state index contributed by atoms with van der Waals surface area (Å²) in [5, 5.41) is 3.32. The highest BCUT2D eigenvalue weighted by Gasteiger charge is 2.23. The summed E-state index contributed by atoms with van der Waals surface area (Å²) in [7, 11) is 0. The number of hydrogen-bond donors (Lipinski definition) is 2. The number of halogens is 1. The van der Waals surface area contributed by atoms with Crippen molar-refractivity contribution in [2.75, 3.05) is 29.0 Å². The second kappa shape index (κ2) is 5.55. The van der Waals surface area contributed by atoms with Crippen LogP contribution in [0.15, 0.2) is 30.3 Å². The van der Waals surface area contributed by atoms with Crippen molar-refractivity contribution in [1.29, 1.82) is 0 Å². The number of aromatic nitrogens is 2. The van der Waals surface area contributed by atoms with E-state index in [1.54, 1.807) is 18.2 Å². The Morgan fingerprint density at radius 1 is 1.29 bits per heavy atom. The maximum Gasteiger partial charge on any atom is 0.225 e. The number of nitrogen functional groups attached to an aromatic ring is 1. The number of anilines is 3. The molecule has 1 aromatic heterocycles. The van der Waals surface area contributed by atoms with Gasteiger partial charge >= 0.3 is 0 Å². The van der Waals surface area contributed by atoms with Gasteiger partial charge < -0.3 is 16.0 Å². The minimum atomic E-state index is -0.212. The van der Waals surface area contributed by atoms with Gasteiger partial charge in [-0.3, -0.25) is 0 Å². The molecule has 3 N–H and O–H groups in total. The molecule has 1 saturated heterocycles. The van der Waals surface area contributed by atoms with Gasteiger partial charge in [-0.15, -0.1) is 0 Å². The molecule has 0 bridgehead atoms. The molecule has 0 spiro atoms. The lowest BCUT2D eigenvalue weighted by Gasteiger charge is -2.19. The summed E-state index contributed by atoms with van der Waals surface area (Å²) in [4.78, 5) is 10.7. The molecule has 0 saturated carbocycles. The third-order valence-electron chi connectivity index (χ3n) is 3.59. The van der Waals surface area contributed by atoms with E-state index in [1.165, 1.54) is 12.1 Å². The van der Waals surface area contributed by atoms with Crippen molar-refractivity contribution in [3.8, 4) is 0 Å². The Balaban J connectivity index is 1.65. The molecule has 1 aliphatic heterocycles. The lowest BCUT2D eigenvalue weighted by Crippen LogP contribution is -2.26. The van der Waals surface area contributed by atoms with Crippen LogP contribution in [0.1, 0.15) is 12.1 Å². The van der Waals surface area contributed by atoms with E-state index in [1.807, 2.05) is 6.92 Å². The van der Waals surface area contributed by atoms with Crippen molar-refractivity contribution < 1.29 is 4.39 Å². The molecule has 21 heavy (non-hydrogen) atoms. The molecular weight excluding hydrogens is 269 g/mol. The van der Waals surface area contributed by atoms with Crippen molar-refractivity contribution >= 4 is 17.5 Å². The minimum Gasteiger partial charge on any atom is -0.384 e. The van der Waals surface area contributed by atoms with E-state index >= 15 is 0 Å². The van der Waals surface area contributed by atoms with Crippen molar-refractivity contribution in [3.63, 3.8) is 0 Å². The van der Waals surface area contributed by atoms with E-state index < -0.39 is 0 Å². The fourth-order valence-corrected chi connectivity index (χ4v) is 2.60. The highest BCUT2D eigenvalue weighted by atomic mass is 19.1. The summed E-state index contributed by atoms with van der Waals surface area (Å²) >= 11 is 0. The Hall–Kier alpha value is -2.37. The van der Waals surface area contributed by atoms with Gasteiger partial charge in [0.25, 0.3) is 0 Å². The highest BCUT2D eigenvalue weighted by molar-refractivity contribution is 5.48. The smallest absolute Gasteiger partial charge is 0.225 e. The quantitative estimate of drug-likeness (QED) is 0.906. The highest BCUT2D eigenvalue weighted by Crippen LogP contribution is 2.22. The Labute approximate surface area is 123 Å². The SMILES string of the molecule is Cc1cc(N)nc(NC2CCN(c3ccc(F)cc3)C2)n1. The first kappa shape index (κ1) is 13.6. The molecule has 0 amide bonds. The van der Waals surface area contributed by atoms with Gasteiger partial charge in [-0.25, -0.2) is 9.37 Å². The second-order valence-electron chi connectivity index (χ2n) is 5.31. The van der Waals surface area contributed by atoms with Crippen LogP contribution in [0.25, 0.3) is 0 Å². The van der Waals surface area contributed by atoms with E-state index in [4.69, 9.17) is 5.73 Å². The predicted molar refractivity (Wildman–Crippen MR) is 81.8 cm³/mol. The first-order valence-electron chi connectivity index (χ1n) is 6.98. The van der Waals surface area contributed by atoms with E-state index in [0.29, 0.717) is 11.8 Å². The molecule has 1 aromatic carbocycles. The fraction of sp³-hybridized carbons (Fsp3) is 0.333. The van der Waals surface area contributed by atoms with Crippen LogP contribution in [0, 0.1) is 12.7 Å². The van der Waals surface area contributed by atoms with E-state index in [2.05, 4.69) is 20.2 Å². The zero-order chi connectivity index (χ0) is 14.8. The van der Waals surface area contributed by atoms with Crippen LogP contribution < -0.4 is 16.0 Å². The second-order valence-corrected chi connectivity index (χ2v) is 5.31. The van der Waals surface area contributed by atoms with Crippen LogP contribution in [0.5, 0.6) is 0 Å². The normalized spacial score (nSPS) is 18.0. The molecule has 1 fully saturated rings. The van der Waals surface area contributed by atoms with Gasteiger partial charge in [0.1, 0.15) is 11.6 Å². The summed E-state index contributed by atoms with van der Waals surface area (Å²) in [6.45, 7) is 3.65. The lowest BCUT2D eigenvalue weighted by molar-refractivity contribution is 0.627. The van der Waals surface area contributed by atoms with E-state index in [0.717, 1.165) is 30.9 Å². The van der Waals surface area contributed by atoms with Crippen LogP contribution in [-0.4, -0.2) is 29.1 Å². The molecule has 110 valence electrons. The number of nitrogens with two attached hydrogens (primary N) is 1. The van der Waals surface area contributed by atoms with Gasteiger partial charge in [-0.05, 0) is 37.6 Å². The third kappa shape index (κ3) is 3.21. The van der Waals surface area contributed by atoms with Gasteiger partial charge in [0.05, 0.1) is 0 Å². The number of nitrogens with one attached hydrogen (secondary N) is 1. The molecule has 2 heterocycles. The Kier molecular flexibility index (Phi) is 3.60. The summed E-state index contributed by atoms with van der Waals surface area (Å²) < 4.78 is 13.0. The molecule has 5 nitrogen and oxygen atoms in total. The Bertz CT molecular complexity index is 608. The van der Waals surface area contributed by atoms with Gasteiger partial charge in [0, 0.05) is 36.6 Å². The summed E-state index contributed by atoms with van der Waals surface area (Å²) in [6.07, 6.45) is 0.981. The number of rotatable bonds is 3.